The molecular formula is C25H23N3O4. The Labute approximate surface area is 185 Å². The molecule has 0 saturated carbocycles. The fourth-order valence-corrected chi connectivity index (χ4v) is 3.91. The van der Waals surface area contributed by atoms with Gasteiger partial charge in [0.25, 0.3) is 0 Å². The van der Waals surface area contributed by atoms with Crippen molar-refractivity contribution < 1.29 is 19.1 Å². The lowest BCUT2D eigenvalue weighted by Gasteiger charge is -2.18. The predicted octanol–water partition coefficient (Wildman–Crippen LogP) is 4.46. The van der Waals surface area contributed by atoms with Crippen LogP contribution in [-0.4, -0.2) is 25.2 Å². The van der Waals surface area contributed by atoms with E-state index >= 15 is 0 Å². The smallest absolute Gasteiger partial charge is 0.231 e. The average molecular weight is 429 g/mol. The van der Waals surface area contributed by atoms with Gasteiger partial charge >= 0.3 is 0 Å². The minimum atomic E-state index is -0.444. The maximum absolute atomic E-state index is 13.0. The number of carbonyl (C=O) groups excluding carboxylic acids is 2. The summed E-state index contributed by atoms with van der Waals surface area (Å²) in [6.07, 6.45) is 0.161. The number of hydrogen-bond acceptors (Lipinski definition) is 5. The van der Waals surface area contributed by atoms with E-state index < -0.39 is 5.92 Å². The number of anilines is 4. The molecule has 2 N–H and O–H groups in total. The Morgan fingerprint density at radius 2 is 1.72 bits per heavy atom. The van der Waals surface area contributed by atoms with Crippen molar-refractivity contribution >= 4 is 34.6 Å². The zero-order valence-electron chi connectivity index (χ0n) is 17.6. The van der Waals surface area contributed by atoms with E-state index in [-0.39, 0.29) is 25.0 Å². The third-order valence-electron chi connectivity index (χ3n) is 5.68. The van der Waals surface area contributed by atoms with Crippen molar-refractivity contribution in [2.45, 2.75) is 13.3 Å². The summed E-state index contributed by atoms with van der Waals surface area (Å²) < 4.78 is 10.7. The van der Waals surface area contributed by atoms with E-state index in [9.17, 15) is 9.59 Å². The highest BCUT2D eigenvalue weighted by Gasteiger charge is 2.36. The molecule has 0 aliphatic carbocycles. The number of carbonyl (C=O) groups is 2. The minimum absolute atomic E-state index is 0.0879. The Kier molecular flexibility index (Phi) is 5.15. The van der Waals surface area contributed by atoms with Gasteiger partial charge in [0.15, 0.2) is 11.5 Å². The molecule has 7 nitrogen and oxygen atoms in total. The zero-order chi connectivity index (χ0) is 22.1. The van der Waals surface area contributed by atoms with Crippen molar-refractivity contribution in [3.8, 4) is 11.5 Å². The predicted molar refractivity (Wildman–Crippen MR) is 123 cm³/mol. The van der Waals surface area contributed by atoms with Crippen LogP contribution in [0.15, 0.2) is 66.7 Å². The van der Waals surface area contributed by atoms with Crippen LogP contribution in [0.2, 0.25) is 0 Å². The molecule has 0 spiro atoms. The maximum Gasteiger partial charge on any atom is 0.231 e. The second-order valence-corrected chi connectivity index (χ2v) is 7.97. The number of hydrogen-bond donors (Lipinski definition) is 2. The van der Waals surface area contributed by atoms with E-state index in [1.54, 1.807) is 17.0 Å². The van der Waals surface area contributed by atoms with Crippen molar-refractivity contribution in [1.29, 1.82) is 0 Å². The number of amides is 2. The van der Waals surface area contributed by atoms with Crippen LogP contribution >= 0.6 is 0 Å². The molecule has 1 saturated heterocycles. The molecule has 3 aromatic rings. The van der Waals surface area contributed by atoms with Gasteiger partial charge in [-0.2, -0.15) is 0 Å². The monoisotopic (exact) mass is 429 g/mol. The first kappa shape index (κ1) is 19.9. The van der Waals surface area contributed by atoms with E-state index in [2.05, 4.69) is 10.6 Å². The number of nitrogens with zero attached hydrogens (tertiary/aromatic N) is 1. The molecule has 2 heterocycles. The first-order valence-corrected chi connectivity index (χ1v) is 10.5. The van der Waals surface area contributed by atoms with Crippen LogP contribution in [0.3, 0.4) is 0 Å². The number of rotatable bonds is 5. The molecule has 3 aromatic carbocycles. The van der Waals surface area contributed by atoms with Crippen LogP contribution in [0.25, 0.3) is 0 Å². The number of ether oxygens (including phenoxy) is 2. The molecule has 2 aliphatic heterocycles. The van der Waals surface area contributed by atoms with Crippen molar-refractivity contribution in [2.75, 3.05) is 28.9 Å². The molecule has 1 unspecified atom stereocenters. The molecule has 32 heavy (non-hydrogen) atoms. The summed E-state index contributed by atoms with van der Waals surface area (Å²) >= 11 is 0. The molecule has 1 fully saturated rings. The summed E-state index contributed by atoms with van der Waals surface area (Å²) in [5.41, 5.74) is 4.28. The largest absolute Gasteiger partial charge is 0.454 e. The van der Waals surface area contributed by atoms with Gasteiger partial charge in [-0.05, 0) is 43.3 Å². The van der Waals surface area contributed by atoms with Crippen molar-refractivity contribution in [2.24, 2.45) is 5.92 Å². The number of benzene rings is 3. The van der Waals surface area contributed by atoms with Gasteiger partial charge in [0, 0.05) is 30.4 Å². The summed E-state index contributed by atoms with van der Waals surface area (Å²) in [6, 6.07) is 21.0. The topological polar surface area (TPSA) is 79.9 Å². The maximum atomic E-state index is 13.0. The molecular weight excluding hydrogens is 406 g/mol. The Bertz CT molecular complexity index is 1180. The standard InChI is InChI=1S/C25H23N3O4/c1-16-6-8-18(9-7-16)26-20-4-2-3-5-21(20)27-25(30)17-12-24(29)28(14-17)19-10-11-22-23(13-19)32-15-31-22/h2-11,13,17,26H,12,14-15H2,1H3,(H,27,30). The van der Waals surface area contributed by atoms with Gasteiger partial charge < -0.3 is 25.0 Å². The SMILES string of the molecule is Cc1ccc(Nc2ccccc2NC(=O)C2CC(=O)N(c3ccc4c(c3)OCO4)C2)cc1. The van der Waals surface area contributed by atoms with Gasteiger partial charge in [-0.1, -0.05) is 29.8 Å². The van der Waals surface area contributed by atoms with Crippen LogP contribution in [0, 0.1) is 12.8 Å². The Balaban J connectivity index is 1.29. The Morgan fingerprint density at radius 1 is 0.969 bits per heavy atom. The molecule has 7 heteroatoms. The van der Waals surface area contributed by atoms with E-state index in [0.717, 1.165) is 11.4 Å². The molecule has 2 amide bonds. The first-order chi connectivity index (χ1) is 15.6. The molecule has 0 bridgehead atoms. The zero-order valence-corrected chi connectivity index (χ0v) is 17.6. The van der Waals surface area contributed by atoms with E-state index in [1.165, 1.54) is 5.56 Å². The van der Waals surface area contributed by atoms with Gasteiger partial charge in [0.2, 0.25) is 18.6 Å². The van der Waals surface area contributed by atoms with E-state index in [1.807, 2.05) is 61.5 Å². The van der Waals surface area contributed by atoms with E-state index in [4.69, 9.17) is 9.47 Å². The Morgan fingerprint density at radius 3 is 2.53 bits per heavy atom. The number of fused-ring (bicyclic) bond motifs is 1. The minimum Gasteiger partial charge on any atom is -0.454 e. The third kappa shape index (κ3) is 3.97. The van der Waals surface area contributed by atoms with Gasteiger partial charge in [-0.15, -0.1) is 0 Å². The normalized spacial score (nSPS) is 16.8. The summed E-state index contributed by atoms with van der Waals surface area (Å²) in [5.74, 6) is 0.557. The second-order valence-electron chi connectivity index (χ2n) is 7.97. The third-order valence-corrected chi connectivity index (χ3v) is 5.68. The Hall–Kier alpha value is -4.00. The fraction of sp³-hybridized carbons (Fsp3) is 0.200. The van der Waals surface area contributed by atoms with E-state index in [0.29, 0.717) is 29.4 Å². The van der Waals surface area contributed by atoms with Gasteiger partial charge in [0.05, 0.1) is 17.3 Å². The van der Waals surface area contributed by atoms with Crippen LogP contribution < -0.4 is 25.0 Å². The van der Waals surface area contributed by atoms with Crippen molar-refractivity contribution in [1.82, 2.24) is 0 Å². The lowest BCUT2D eigenvalue weighted by atomic mass is 10.1. The molecule has 0 radical (unpaired) electrons. The fourth-order valence-electron chi connectivity index (χ4n) is 3.91. The van der Waals surface area contributed by atoms with Crippen LogP contribution in [0.4, 0.5) is 22.7 Å². The molecule has 162 valence electrons. The molecule has 1 atom stereocenters. The van der Waals surface area contributed by atoms with Crippen molar-refractivity contribution in [3.05, 3.63) is 72.3 Å². The lowest BCUT2D eigenvalue weighted by Crippen LogP contribution is -2.28. The summed E-state index contributed by atoms with van der Waals surface area (Å²) in [4.78, 5) is 27.3. The first-order valence-electron chi connectivity index (χ1n) is 10.5. The number of aryl methyl sites for hydroxylation is 1. The number of nitrogens with one attached hydrogen (secondary N) is 2. The number of para-hydroxylation sites is 2. The molecule has 2 aliphatic rings. The lowest BCUT2D eigenvalue weighted by molar-refractivity contribution is -0.122. The summed E-state index contributed by atoms with van der Waals surface area (Å²) in [6.45, 7) is 2.53. The van der Waals surface area contributed by atoms with Crippen LogP contribution in [-0.2, 0) is 9.59 Å². The van der Waals surface area contributed by atoms with Gasteiger partial charge in [-0.3, -0.25) is 9.59 Å². The summed E-state index contributed by atoms with van der Waals surface area (Å²) in [5, 5.41) is 6.34. The average Bonchev–Trinajstić information content (AvgIpc) is 3.42. The molecule has 0 aromatic heterocycles. The second kappa shape index (κ2) is 8.26. The van der Waals surface area contributed by atoms with Gasteiger partial charge in [0.1, 0.15) is 0 Å². The van der Waals surface area contributed by atoms with Crippen LogP contribution in [0.1, 0.15) is 12.0 Å². The van der Waals surface area contributed by atoms with Crippen LogP contribution in [0.5, 0.6) is 11.5 Å². The molecule has 5 rings (SSSR count). The summed E-state index contributed by atoms with van der Waals surface area (Å²) in [7, 11) is 0. The van der Waals surface area contributed by atoms with Gasteiger partial charge in [-0.25, -0.2) is 0 Å². The van der Waals surface area contributed by atoms with Crippen molar-refractivity contribution in [3.63, 3.8) is 0 Å². The quantitative estimate of drug-likeness (QED) is 0.626. The highest BCUT2D eigenvalue weighted by molar-refractivity contribution is 6.04. The highest BCUT2D eigenvalue weighted by Crippen LogP contribution is 2.37. The highest BCUT2D eigenvalue weighted by atomic mass is 16.7.